The van der Waals surface area contributed by atoms with Crippen molar-refractivity contribution in [2.24, 2.45) is 0 Å². The highest BCUT2D eigenvalue weighted by Crippen LogP contribution is 2.36. The van der Waals surface area contributed by atoms with Crippen LogP contribution in [0.25, 0.3) is 0 Å². The minimum atomic E-state index is -0.985. The Balaban J connectivity index is 2.09. The number of alkyl carbamates (subject to hydrolysis) is 1. The van der Waals surface area contributed by atoms with Crippen LogP contribution in [0.2, 0.25) is 0 Å². The fourth-order valence-corrected chi connectivity index (χ4v) is 5.26. The quantitative estimate of drug-likeness (QED) is 0.347. The minimum Gasteiger partial charge on any atom is -0.444 e. The predicted molar refractivity (Wildman–Crippen MR) is 162 cm³/mol. The van der Waals surface area contributed by atoms with Gasteiger partial charge in [-0.3, -0.25) is 9.59 Å². The number of rotatable bonds is 10. The molecule has 40 heavy (non-hydrogen) atoms. The number of amides is 3. The Bertz CT molecular complexity index is 1240. The molecule has 2 N–H and O–H groups in total. The zero-order chi connectivity index (χ0) is 29.4. The molecule has 0 spiro atoms. The number of hydrogen-bond acceptors (Lipinski definition) is 5. The number of para-hydroxylation sites is 1. The van der Waals surface area contributed by atoms with Gasteiger partial charge in [0.2, 0.25) is 5.91 Å². The molecule has 8 heteroatoms. The number of nitrogens with one attached hydrogen (secondary N) is 2. The Morgan fingerprint density at radius 1 is 1.10 bits per heavy atom. The second-order valence-corrected chi connectivity index (χ2v) is 12.2. The smallest absolute Gasteiger partial charge is 0.408 e. The van der Waals surface area contributed by atoms with Gasteiger partial charge >= 0.3 is 6.09 Å². The zero-order valence-electron chi connectivity index (χ0n) is 24.4. The molecule has 0 radical (unpaired) electrons. The second kappa shape index (κ2) is 13.8. The Morgan fingerprint density at radius 3 is 2.30 bits per heavy atom. The maximum absolute atomic E-state index is 14.4. The van der Waals surface area contributed by atoms with Crippen molar-refractivity contribution in [2.75, 3.05) is 17.3 Å². The van der Waals surface area contributed by atoms with E-state index in [1.807, 2.05) is 50.4 Å². The topological polar surface area (TPSA) is 87.7 Å². The lowest BCUT2D eigenvalue weighted by Gasteiger charge is -2.44. The number of carbonyl (C=O) groups excluding carboxylic acids is 3. The lowest BCUT2D eigenvalue weighted by atomic mass is 9.87. The van der Waals surface area contributed by atoms with Crippen molar-refractivity contribution in [3.05, 3.63) is 64.7 Å². The molecule has 3 amide bonds. The van der Waals surface area contributed by atoms with E-state index in [0.29, 0.717) is 29.0 Å². The first-order valence-electron chi connectivity index (χ1n) is 13.7. The van der Waals surface area contributed by atoms with E-state index in [4.69, 9.17) is 11.2 Å². The lowest BCUT2D eigenvalue weighted by molar-refractivity contribution is -0.145. The van der Waals surface area contributed by atoms with Gasteiger partial charge in [0, 0.05) is 17.3 Å². The molecule has 1 aliphatic rings. The molecule has 1 fully saturated rings. The summed E-state index contributed by atoms with van der Waals surface area (Å²) < 4.78 is 5.48. The Kier molecular flexibility index (Phi) is 10.7. The van der Waals surface area contributed by atoms with Gasteiger partial charge < -0.3 is 20.3 Å². The molecular formula is C32H41N3O4S. The van der Waals surface area contributed by atoms with Crippen LogP contribution in [0, 0.1) is 26.2 Å². The van der Waals surface area contributed by atoms with E-state index in [1.165, 1.54) is 0 Å². The number of aryl methyl sites for hydroxylation is 2. The van der Waals surface area contributed by atoms with Gasteiger partial charge in [-0.15, -0.1) is 6.42 Å². The van der Waals surface area contributed by atoms with Crippen molar-refractivity contribution in [1.82, 2.24) is 10.2 Å². The normalized spacial score (nSPS) is 14.7. The van der Waals surface area contributed by atoms with E-state index in [-0.39, 0.29) is 17.9 Å². The van der Waals surface area contributed by atoms with Gasteiger partial charge in [0.25, 0.3) is 5.91 Å². The van der Waals surface area contributed by atoms with Crippen molar-refractivity contribution in [3.8, 4) is 12.3 Å². The van der Waals surface area contributed by atoms with Crippen LogP contribution in [0.1, 0.15) is 74.8 Å². The van der Waals surface area contributed by atoms with E-state index in [1.54, 1.807) is 49.6 Å². The summed E-state index contributed by atoms with van der Waals surface area (Å²) in [5.41, 5.74) is 2.95. The summed E-state index contributed by atoms with van der Waals surface area (Å²) in [6.07, 6.45) is 10.0. The largest absolute Gasteiger partial charge is 0.444 e. The summed E-state index contributed by atoms with van der Waals surface area (Å²) in [6, 6.07) is 11.0. The van der Waals surface area contributed by atoms with Gasteiger partial charge in [0.15, 0.2) is 0 Å². The molecule has 1 aliphatic carbocycles. The van der Waals surface area contributed by atoms with E-state index >= 15 is 0 Å². The maximum atomic E-state index is 14.4. The number of anilines is 1. The van der Waals surface area contributed by atoms with Gasteiger partial charge in [0.05, 0.1) is 0 Å². The highest BCUT2D eigenvalue weighted by Gasteiger charge is 2.42. The van der Waals surface area contributed by atoms with Gasteiger partial charge in [-0.2, -0.15) is 11.8 Å². The van der Waals surface area contributed by atoms with Crippen molar-refractivity contribution in [2.45, 2.75) is 84.0 Å². The molecule has 0 heterocycles. The Morgan fingerprint density at radius 2 is 1.75 bits per heavy atom. The monoisotopic (exact) mass is 563 g/mol. The molecule has 0 aromatic heterocycles. The number of thioether (sulfide) groups is 1. The summed E-state index contributed by atoms with van der Waals surface area (Å²) in [5, 5.41) is 5.90. The van der Waals surface area contributed by atoms with Crippen molar-refractivity contribution in [3.63, 3.8) is 0 Å². The number of carbonyl (C=O) groups is 3. The predicted octanol–water partition coefficient (Wildman–Crippen LogP) is 5.99. The standard InChI is InChI=1S/C32H41N3O4S/c1-8-23-15-9-10-18-25(23)28(29(36)34-27-21(2)13-11-14-22(27)3)35(24-16-12-17-24)30(37)26(19-20-40-7)33-31(38)39-32(4,5)6/h1,9-11,13-15,18,24,26,28H,12,16-17,19-20H2,2-7H3,(H,33,38)(H,34,36). The molecule has 2 atom stereocenters. The molecule has 0 saturated heterocycles. The minimum absolute atomic E-state index is 0.163. The molecule has 0 bridgehead atoms. The number of benzene rings is 2. The molecule has 2 aromatic carbocycles. The fourth-order valence-electron chi connectivity index (χ4n) is 4.79. The SMILES string of the molecule is C#Cc1ccccc1C(C(=O)Nc1c(C)cccc1C)N(C(=O)C(CCSC)NC(=O)OC(C)(C)C)C1CCC1. The first-order valence-corrected chi connectivity index (χ1v) is 15.1. The van der Waals surface area contributed by atoms with Crippen LogP contribution in [0.3, 0.4) is 0 Å². The van der Waals surface area contributed by atoms with Crippen LogP contribution in [-0.2, 0) is 14.3 Å². The molecule has 0 aliphatic heterocycles. The third kappa shape index (κ3) is 7.82. The molecule has 214 valence electrons. The third-order valence-electron chi connectivity index (χ3n) is 6.99. The average Bonchev–Trinajstić information content (AvgIpc) is 2.86. The van der Waals surface area contributed by atoms with E-state index in [2.05, 4.69) is 16.6 Å². The number of hydrogen-bond donors (Lipinski definition) is 2. The number of ether oxygens (including phenoxy) is 1. The van der Waals surface area contributed by atoms with Crippen LogP contribution < -0.4 is 10.6 Å². The van der Waals surface area contributed by atoms with Crippen molar-refractivity contribution >= 4 is 35.4 Å². The first-order chi connectivity index (χ1) is 19.0. The summed E-state index contributed by atoms with van der Waals surface area (Å²) in [4.78, 5) is 43.1. The summed E-state index contributed by atoms with van der Waals surface area (Å²) >= 11 is 1.58. The molecular weight excluding hydrogens is 522 g/mol. The fraction of sp³-hybridized carbons (Fsp3) is 0.469. The summed E-state index contributed by atoms with van der Waals surface area (Å²) in [5.74, 6) is 2.67. The number of terminal acetylenes is 1. The van der Waals surface area contributed by atoms with Gasteiger partial charge in [-0.25, -0.2) is 4.79 Å². The summed E-state index contributed by atoms with van der Waals surface area (Å²) in [7, 11) is 0. The van der Waals surface area contributed by atoms with Crippen LogP contribution in [0.5, 0.6) is 0 Å². The zero-order valence-corrected chi connectivity index (χ0v) is 25.2. The van der Waals surface area contributed by atoms with Gasteiger partial charge in [-0.05, 0) is 95.1 Å². The average molecular weight is 564 g/mol. The Labute approximate surface area is 242 Å². The Hall–Kier alpha value is -3.44. The first kappa shape index (κ1) is 31.1. The van der Waals surface area contributed by atoms with E-state index in [0.717, 1.165) is 30.4 Å². The molecule has 2 aromatic rings. The highest BCUT2D eigenvalue weighted by molar-refractivity contribution is 7.98. The van der Waals surface area contributed by atoms with Crippen molar-refractivity contribution < 1.29 is 19.1 Å². The van der Waals surface area contributed by atoms with E-state index < -0.39 is 23.8 Å². The van der Waals surface area contributed by atoms with Crippen LogP contribution in [-0.4, -0.2) is 52.5 Å². The third-order valence-corrected chi connectivity index (χ3v) is 7.63. The maximum Gasteiger partial charge on any atom is 0.408 e. The van der Waals surface area contributed by atoms with Crippen LogP contribution in [0.4, 0.5) is 10.5 Å². The number of nitrogens with zero attached hydrogens (tertiary/aromatic N) is 1. The van der Waals surface area contributed by atoms with Crippen LogP contribution in [0.15, 0.2) is 42.5 Å². The second-order valence-electron chi connectivity index (χ2n) is 11.2. The van der Waals surface area contributed by atoms with Crippen LogP contribution >= 0.6 is 11.8 Å². The van der Waals surface area contributed by atoms with Crippen molar-refractivity contribution in [1.29, 1.82) is 0 Å². The molecule has 7 nitrogen and oxygen atoms in total. The molecule has 1 saturated carbocycles. The van der Waals surface area contributed by atoms with E-state index in [9.17, 15) is 14.4 Å². The summed E-state index contributed by atoms with van der Waals surface area (Å²) in [6.45, 7) is 9.19. The van der Waals surface area contributed by atoms with Gasteiger partial charge in [-0.1, -0.05) is 42.3 Å². The highest BCUT2D eigenvalue weighted by atomic mass is 32.2. The van der Waals surface area contributed by atoms with Gasteiger partial charge in [0.1, 0.15) is 17.7 Å². The molecule has 3 rings (SSSR count). The molecule has 2 unspecified atom stereocenters. The lowest BCUT2D eigenvalue weighted by Crippen LogP contribution is -2.57.